The molecule has 0 aliphatic heterocycles. The molecule has 220 valence electrons. The highest BCUT2D eigenvalue weighted by molar-refractivity contribution is 5.91. The first kappa shape index (κ1) is 30.4. The van der Waals surface area contributed by atoms with E-state index in [2.05, 4.69) is 15.6 Å². The van der Waals surface area contributed by atoms with Crippen molar-refractivity contribution in [1.29, 1.82) is 0 Å². The topological polar surface area (TPSA) is 121 Å². The van der Waals surface area contributed by atoms with Gasteiger partial charge in [-0.15, -0.1) is 0 Å². The normalized spacial score (nSPS) is 12.4. The molecule has 8 nitrogen and oxygen atoms in total. The number of carboxylic acid groups (broad SMARTS) is 1. The summed E-state index contributed by atoms with van der Waals surface area (Å²) in [4.78, 5) is 41.7. The Bertz CT molecular complexity index is 1450. The standard InChI is InChI=1S/C34H39N3O5/c1-42-28-17-15-25(16-18-28)11-5-6-12-26(22-32(38)39)33(40)37-31(21-27-23-36-30-14-8-7-13-29(27)30)34(41)35-20-19-24-9-3-2-4-10-24/h2-4,7-10,13-18,23,26,31,36H,5-6,11-12,19-22H2,1H3,(H,35,41)(H,37,40)(H,38,39)/t26-,31+/m1/s1. The minimum Gasteiger partial charge on any atom is -0.497 e. The van der Waals surface area contributed by atoms with Crippen molar-refractivity contribution in [1.82, 2.24) is 15.6 Å². The van der Waals surface area contributed by atoms with Gasteiger partial charge in [-0.1, -0.05) is 67.1 Å². The van der Waals surface area contributed by atoms with Gasteiger partial charge < -0.3 is 25.5 Å². The molecule has 3 aromatic carbocycles. The van der Waals surface area contributed by atoms with Crippen molar-refractivity contribution in [2.24, 2.45) is 5.92 Å². The Hall–Kier alpha value is -4.59. The molecule has 4 rings (SSSR count). The molecule has 1 heterocycles. The summed E-state index contributed by atoms with van der Waals surface area (Å²) in [5.41, 5.74) is 4.11. The number of nitrogens with one attached hydrogen (secondary N) is 3. The van der Waals surface area contributed by atoms with E-state index >= 15 is 0 Å². The number of carbonyl (C=O) groups is 3. The minimum absolute atomic E-state index is 0.282. The van der Waals surface area contributed by atoms with E-state index in [0.717, 1.165) is 46.2 Å². The lowest BCUT2D eigenvalue weighted by Crippen LogP contribution is -2.50. The lowest BCUT2D eigenvalue weighted by atomic mass is 9.95. The van der Waals surface area contributed by atoms with E-state index in [1.54, 1.807) is 7.11 Å². The summed E-state index contributed by atoms with van der Waals surface area (Å²) in [5.74, 6) is -1.68. The van der Waals surface area contributed by atoms with Crippen LogP contribution in [0.15, 0.2) is 85.1 Å². The highest BCUT2D eigenvalue weighted by Crippen LogP contribution is 2.21. The zero-order valence-electron chi connectivity index (χ0n) is 24.0. The SMILES string of the molecule is COc1ccc(CCCC[C@H](CC(=O)O)C(=O)N[C@@H](Cc2c[nH]c3ccccc23)C(=O)NCCc2ccccc2)cc1. The van der Waals surface area contributed by atoms with Crippen LogP contribution in [0.1, 0.15) is 42.4 Å². The third kappa shape index (κ3) is 8.96. The number of carboxylic acids is 1. The van der Waals surface area contributed by atoms with Crippen molar-refractivity contribution in [3.63, 3.8) is 0 Å². The summed E-state index contributed by atoms with van der Waals surface area (Å²) in [6, 6.07) is 24.7. The van der Waals surface area contributed by atoms with Crippen LogP contribution in [0.3, 0.4) is 0 Å². The van der Waals surface area contributed by atoms with E-state index in [-0.39, 0.29) is 18.7 Å². The third-order valence-electron chi connectivity index (χ3n) is 7.51. The van der Waals surface area contributed by atoms with Crippen molar-refractivity contribution >= 4 is 28.7 Å². The number of ether oxygens (including phenoxy) is 1. The molecular weight excluding hydrogens is 530 g/mol. The number of hydrogen-bond donors (Lipinski definition) is 4. The van der Waals surface area contributed by atoms with Crippen LogP contribution in [-0.4, -0.2) is 47.6 Å². The molecule has 0 saturated carbocycles. The van der Waals surface area contributed by atoms with Crippen LogP contribution in [0, 0.1) is 5.92 Å². The molecule has 0 spiro atoms. The van der Waals surface area contributed by atoms with Gasteiger partial charge in [-0.3, -0.25) is 14.4 Å². The lowest BCUT2D eigenvalue weighted by molar-refractivity contribution is -0.141. The molecule has 0 aliphatic carbocycles. The number of H-pyrrole nitrogens is 1. The Morgan fingerprint density at radius 3 is 2.31 bits per heavy atom. The van der Waals surface area contributed by atoms with Gasteiger partial charge in [0.05, 0.1) is 13.5 Å². The van der Waals surface area contributed by atoms with Gasteiger partial charge in [0.15, 0.2) is 0 Å². The zero-order chi connectivity index (χ0) is 29.7. The Morgan fingerprint density at radius 2 is 1.57 bits per heavy atom. The van der Waals surface area contributed by atoms with E-state index in [0.29, 0.717) is 25.8 Å². The number of methoxy groups -OCH3 is 1. The fourth-order valence-corrected chi connectivity index (χ4v) is 5.17. The van der Waals surface area contributed by atoms with Gasteiger partial charge in [0, 0.05) is 36.0 Å². The Kier molecular flexibility index (Phi) is 11.2. The Labute approximate surface area is 246 Å². The largest absolute Gasteiger partial charge is 0.497 e. The number of aromatic nitrogens is 1. The number of aryl methyl sites for hydroxylation is 1. The second-order valence-corrected chi connectivity index (χ2v) is 10.5. The summed E-state index contributed by atoms with van der Waals surface area (Å²) in [6.45, 7) is 0.424. The molecule has 0 unspecified atom stereocenters. The van der Waals surface area contributed by atoms with Gasteiger partial charge in [-0.25, -0.2) is 0 Å². The maximum atomic E-state index is 13.4. The van der Waals surface area contributed by atoms with Crippen LogP contribution < -0.4 is 15.4 Å². The third-order valence-corrected chi connectivity index (χ3v) is 7.51. The minimum atomic E-state index is -1.04. The maximum Gasteiger partial charge on any atom is 0.304 e. The van der Waals surface area contributed by atoms with Crippen molar-refractivity contribution in [3.05, 3.63) is 102 Å². The first-order chi connectivity index (χ1) is 20.4. The molecular formula is C34H39N3O5. The van der Waals surface area contributed by atoms with Crippen LogP contribution in [0.2, 0.25) is 0 Å². The molecule has 4 aromatic rings. The number of aromatic amines is 1. The summed E-state index contributed by atoms with van der Waals surface area (Å²) < 4.78 is 5.20. The summed E-state index contributed by atoms with van der Waals surface area (Å²) in [5, 5.41) is 16.4. The van der Waals surface area contributed by atoms with E-state index in [4.69, 9.17) is 4.74 Å². The molecule has 0 bridgehead atoms. The van der Waals surface area contributed by atoms with Gasteiger partial charge in [0.2, 0.25) is 11.8 Å². The van der Waals surface area contributed by atoms with E-state index < -0.39 is 23.8 Å². The van der Waals surface area contributed by atoms with Gasteiger partial charge in [0.25, 0.3) is 0 Å². The average Bonchev–Trinajstić information content (AvgIpc) is 3.41. The second-order valence-electron chi connectivity index (χ2n) is 10.5. The number of para-hydroxylation sites is 1. The molecule has 1 aromatic heterocycles. The average molecular weight is 570 g/mol. The van der Waals surface area contributed by atoms with Gasteiger partial charge in [-0.2, -0.15) is 0 Å². The summed E-state index contributed by atoms with van der Waals surface area (Å²) in [6.07, 6.45) is 5.25. The van der Waals surface area contributed by atoms with Crippen molar-refractivity contribution in [3.8, 4) is 5.75 Å². The number of unbranched alkanes of at least 4 members (excludes halogenated alkanes) is 1. The molecule has 0 radical (unpaired) electrons. The Balaban J connectivity index is 1.40. The van der Waals surface area contributed by atoms with Gasteiger partial charge >= 0.3 is 5.97 Å². The highest BCUT2D eigenvalue weighted by atomic mass is 16.5. The molecule has 0 fully saturated rings. The molecule has 2 amide bonds. The number of fused-ring (bicyclic) bond motifs is 1. The number of rotatable bonds is 16. The molecule has 0 saturated heterocycles. The fourth-order valence-electron chi connectivity index (χ4n) is 5.17. The predicted molar refractivity (Wildman–Crippen MR) is 163 cm³/mol. The van der Waals surface area contributed by atoms with Crippen molar-refractivity contribution in [2.75, 3.05) is 13.7 Å². The second kappa shape index (κ2) is 15.4. The highest BCUT2D eigenvalue weighted by Gasteiger charge is 2.28. The van der Waals surface area contributed by atoms with Crippen LogP contribution in [0.5, 0.6) is 5.75 Å². The molecule has 42 heavy (non-hydrogen) atoms. The van der Waals surface area contributed by atoms with E-state index in [9.17, 15) is 19.5 Å². The zero-order valence-corrected chi connectivity index (χ0v) is 24.0. The van der Waals surface area contributed by atoms with Gasteiger partial charge in [-0.05, 0) is 60.6 Å². The molecule has 0 aliphatic rings. The van der Waals surface area contributed by atoms with Crippen LogP contribution in [-0.2, 0) is 33.6 Å². The van der Waals surface area contributed by atoms with Crippen LogP contribution in [0.25, 0.3) is 10.9 Å². The quantitative estimate of drug-likeness (QED) is 0.141. The van der Waals surface area contributed by atoms with E-state index in [1.165, 1.54) is 0 Å². The Morgan fingerprint density at radius 1 is 0.857 bits per heavy atom. The first-order valence-electron chi connectivity index (χ1n) is 14.4. The lowest BCUT2D eigenvalue weighted by Gasteiger charge is -2.22. The molecule has 8 heteroatoms. The number of aliphatic carboxylic acids is 1. The predicted octanol–water partition coefficient (Wildman–Crippen LogP) is 5.07. The van der Waals surface area contributed by atoms with Crippen LogP contribution in [0.4, 0.5) is 0 Å². The van der Waals surface area contributed by atoms with Gasteiger partial charge in [0.1, 0.15) is 11.8 Å². The smallest absolute Gasteiger partial charge is 0.304 e. The number of amides is 2. The monoisotopic (exact) mass is 569 g/mol. The summed E-state index contributed by atoms with van der Waals surface area (Å²) >= 11 is 0. The summed E-state index contributed by atoms with van der Waals surface area (Å²) in [7, 11) is 1.63. The fraction of sp³-hybridized carbons (Fsp3) is 0.324. The first-order valence-corrected chi connectivity index (χ1v) is 14.4. The number of benzene rings is 3. The van der Waals surface area contributed by atoms with Crippen LogP contribution >= 0.6 is 0 Å². The molecule has 4 N–H and O–H groups in total. The maximum absolute atomic E-state index is 13.4. The molecule has 2 atom stereocenters. The van der Waals surface area contributed by atoms with Crippen molar-refractivity contribution < 1.29 is 24.2 Å². The number of hydrogen-bond acceptors (Lipinski definition) is 4. The van der Waals surface area contributed by atoms with Crippen molar-refractivity contribution in [2.45, 2.75) is 51.0 Å². The number of carbonyl (C=O) groups excluding carboxylic acids is 2. The van der Waals surface area contributed by atoms with E-state index in [1.807, 2.05) is 85.1 Å².